The highest BCUT2D eigenvalue weighted by molar-refractivity contribution is 5.75. The van der Waals surface area contributed by atoms with Crippen LogP contribution in [0.1, 0.15) is 52.4 Å². The van der Waals surface area contributed by atoms with Gasteiger partial charge in [0.2, 0.25) is 5.91 Å². The first-order valence-electron chi connectivity index (χ1n) is 5.37. The maximum absolute atomic E-state index is 10.6. The molecule has 82 valence electrons. The molecule has 0 heterocycles. The highest BCUT2D eigenvalue weighted by Crippen LogP contribution is 2.04. The maximum Gasteiger partial charge on any atom is 0.216 e. The first kappa shape index (κ1) is 13.1. The van der Waals surface area contributed by atoms with Gasteiger partial charge in [-0.25, -0.2) is 0 Å². The van der Waals surface area contributed by atoms with Gasteiger partial charge in [-0.2, -0.15) is 0 Å². The van der Waals surface area contributed by atoms with Crippen LogP contribution in [0.25, 0.3) is 0 Å². The number of carbonyl (C=O) groups excluding carboxylic acids is 2. The molecule has 0 unspecified atom stereocenters. The van der Waals surface area contributed by atoms with E-state index in [1.54, 1.807) is 6.92 Å². The van der Waals surface area contributed by atoms with Gasteiger partial charge in [0.1, 0.15) is 5.78 Å². The third kappa shape index (κ3) is 11.1. The minimum Gasteiger partial charge on any atom is -0.356 e. The van der Waals surface area contributed by atoms with Crippen molar-refractivity contribution in [1.29, 1.82) is 0 Å². The van der Waals surface area contributed by atoms with Gasteiger partial charge < -0.3 is 10.1 Å². The van der Waals surface area contributed by atoms with Crippen molar-refractivity contribution in [2.75, 3.05) is 6.54 Å². The standard InChI is InChI=1S/C11H21NO2/c1-10(13)8-6-4-3-5-7-9-12-11(2)14/h3-9H2,1-2H3,(H,12,14). The van der Waals surface area contributed by atoms with Crippen molar-refractivity contribution in [3.63, 3.8) is 0 Å². The van der Waals surface area contributed by atoms with Gasteiger partial charge >= 0.3 is 0 Å². The number of unbranched alkanes of at least 4 members (excludes halogenated alkanes) is 4. The fraction of sp³-hybridized carbons (Fsp3) is 0.818. The number of hydrogen-bond acceptors (Lipinski definition) is 2. The summed E-state index contributed by atoms with van der Waals surface area (Å²) in [5.41, 5.74) is 0. The van der Waals surface area contributed by atoms with E-state index in [0.29, 0.717) is 6.42 Å². The summed E-state index contributed by atoms with van der Waals surface area (Å²) in [4.78, 5) is 21.1. The molecule has 1 N–H and O–H groups in total. The van der Waals surface area contributed by atoms with Crippen LogP contribution < -0.4 is 5.32 Å². The second kappa shape index (κ2) is 8.73. The molecule has 0 radical (unpaired) electrons. The monoisotopic (exact) mass is 199 g/mol. The predicted molar refractivity (Wildman–Crippen MR) is 57.1 cm³/mol. The van der Waals surface area contributed by atoms with E-state index >= 15 is 0 Å². The van der Waals surface area contributed by atoms with Gasteiger partial charge in [0, 0.05) is 19.9 Å². The number of carbonyl (C=O) groups is 2. The van der Waals surface area contributed by atoms with E-state index in [1.807, 2.05) is 0 Å². The molecule has 0 saturated carbocycles. The smallest absolute Gasteiger partial charge is 0.216 e. The first-order valence-corrected chi connectivity index (χ1v) is 5.37. The third-order valence-corrected chi connectivity index (χ3v) is 2.08. The summed E-state index contributed by atoms with van der Waals surface area (Å²) >= 11 is 0. The van der Waals surface area contributed by atoms with E-state index in [9.17, 15) is 9.59 Å². The summed E-state index contributed by atoms with van der Waals surface area (Å²) < 4.78 is 0. The van der Waals surface area contributed by atoms with Crippen molar-refractivity contribution in [1.82, 2.24) is 5.32 Å². The Morgan fingerprint density at radius 3 is 2.07 bits per heavy atom. The Bertz CT molecular complexity index is 158. The van der Waals surface area contributed by atoms with Gasteiger partial charge in [0.25, 0.3) is 0 Å². The largest absolute Gasteiger partial charge is 0.356 e. The number of nitrogens with one attached hydrogen (secondary N) is 1. The summed E-state index contributed by atoms with van der Waals surface area (Å²) in [6.45, 7) is 3.95. The van der Waals surface area contributed by atoms with Gasteiger partial charge in [-0.15, -0.1) is 0 Å². The molecule has 0 rings (SSSR count). The minimum atomic E-state index is 0.0431. The van der Waals surface area contributed by atoms with Gasteiger partial charge in [-0.1, -0.05) is 19.3 Å². The molecule has 0 aliphatic rings. The second-order valence-electron chi connectivity index (χ2n) is 3.70. The molecule has 0 aromatic heterocycles. The Kier molecular flexibility index (Phi) is 8.19. The van der Waals surface area contributed by atoms with Crippen LogP contribution in [0.5, 0.6) is 0 Å². The summed E-state index contributed by atoms with van der Waals surface area (Å²) in [7, 11) is 0. The lowest BCUT2D eigenvalue weighted by Crippen LogP contribution is -2.20. The van der Waals surface area contributed by atoms with Crippen molar-refractivity contribution in [2.24, 2.45) is 0 Å². The maximum atomic E-state index is 10.6. The van der Waals surface area contributed by atoms with E-state index in [4.69, 9.17) is 0 Å². The van der Waals surface area contributed by atoms with Crippen molar-refractivity contribution in [3.05, 3.63) is 0 Å². The van der Waals surface area contributed by atoms with E-state index < -0.39 is 0 Å². The van der Waals surface area contributed by atoms with Crippen molar-refractivity contribution in [3.8, 4) is 0 Å². The average Bonchev–Trinajstić information content (AvgIpc) is 2.08. The molecule has 0 fully saturated rings. The number of amides is 1. The molecule has 14 heavy (non-hydrogen) atoms. The van der Waals surface area contributed by atoms with Crippen LogP contribution in [0.15, 0.2) is 0 Å². The zero-order valence-corrected chi connectivity index (χ0v) is 9.27. The molecule has 0 aromatic rings. The van der Waals surface area contributed by atoms with Crippen LogP contribution in [0.2, 0.25) is 0 Å². The van der Waals surface area contributed by atoms with E-state index in [1.165, 1.54) is 6.92 Å². The fourth-order valence-corrected chi connectivity index (χ4v) is 1.29. The van der Waals surface area contributed by atoms with Crippen LogP contribution in [0.3, 0.4) is 0 Å². The van der Waals surface area contributed by atoms with Crippen molar-refractivity contribution >= 4 is 11.7 Å². The lowest BCUT2D eigenvalue weighted by atomic mass is 10.1. The lowest BCUT2D eigenvalue weighted by Gasteiger charge is -2.01. The predicted octanol–water partition coefficient (Wildman–Crippen LogP) is 2.05. The van der Waals surface area contributed by atoms with Gasteiger partial charge in [0.15, 0.2) is 0 Å². The number of ketones is 1. The van der Waals surface area contributed by atoms with Crippen LogP contribution in [-0.4, -0.2) is 18.2 Å². The second-order valence-corrected chi connectivity index (χ2v) is 3.70. The zero-order chi connectivity index (χ0) is 10.8. The summed E-state index contributed by atoms with van der Waals surface area (Å²) in [6, 6.07) is 0. The molecule has 0 saturated heterocycles. The third-order valence-electron chi connectivity index (χ3n) is 2.08. The van der Waals surface area contributed by atoms with Gasteiger partial charge in [-0.05, 0) is 19.8 Å². The summed E-state index contributed by atoms with van der Waals surface area (Å²) in [5.74, 6) is 0.324. The van der Waals surface area contributed by atoms with Crippen LogP contribution >= 0.6 is 0 Å². The topological polar surface area (TPSA) is 46.2 Å². The molecule has 1 amide bonds. The Labute approximate surface area is 86.3 Å². The fourth-order valence-electron chi connectivity index (χ4n) is 1.29. The lowest BCUT2D eigenvalue weighted by molar-refractivity contribution is -0.119. The SMILES string of the molecule is CC(=O)CCCCCCCNC(C)=O. The van der Waals surface area contributed by atoms with Crippen molar-refractivity contribution in [2.45, 2.75) is 52.4 Å². The first-order chi connectivity index (χ1) is 6.63. The molecular formula is C11H21NO2. The Hall–Kier alpha value is -0.860. The van der Waals surface area contributed by atoms with Gasteiger partial charge in [0.05, 0.1) is 0 Å². The highest BCUT2D eigenvalue weighted by Gasteiger charge is 1.94. The molecule has 0 atom stereocenters. The van der Waals surface area contributed by atoms with Crippen molar-refractivity contribution < 1.29 is 9.59 Å². The molecule has 0 spiro atoms. The summed E-state index contributed by atoms with van der Waals surface area (Å²) in [6.07, 6.45) is 6.19. The number of hydrogen-bond donors (Lipinski definition) is 1. The minimum absolute atomic E-state index is 0.0431. The molecule has 3 nitrogen and oxygen atoms in total. The zero-order valence-electron chi connectivity index (χ0n) is 9.27. The van der Waals surface area contributed by atoms with E-state index in [2.05, 4.69) is 5.32 Å². The quantitative estimate of drug-likeness (QED) is 0.608. The molecule has 0 aliphatic heterocycles. The highest BCUT2D eigenvalue weighted by atomic mass is 16.1. The average molecular weight is 199 g/mol. The van der Waals surface area contributed by atoms with Crippen LogP contribution in [0, 0.1) is 0 Å². The van der Waals surface area contributed by atoms with E-state index in [-0.39, 0.29) is 11.7 Å². The Balaban J connectivity index is 2.99. The van der Waals surface area contributed by atoms with Gasteiger partial charge in [-0.3, -0.25) is 4.79 Å². The molecule has 0 bridgehead atoms. The Morgan fingerprint density at radius 1 is 0.929 bits per heavy atom. The Morgan fingerprint density at radius 2 is 1.50 bits per heavy atom. The number of rotatable bonds is 8. The van der Waals surface area contributed by atoms with Crippen LogP contribution in [-0.2, 0) is 9.59 Å². The molecule has 0 aromatic carbocycles. The molecule has 3 heteroatoms. The van der Waals surface area contributed by atoms with Crippen LogP contribution in [0.4, 0.5) is 0 Å². The normalized spacial score (nSPS) is 9.86. The number of Topliss-reactive ketones (excluding diaryl/α,β-unsaturated/α-hetero) is 1. The molecule has 0 aliphatic carbocycles. The molecular weight excluding hydrogens is 178 g/mol. The van der Waals surface area contributed by atoms with E-state index in [0.717, 1.165) is 38.6 Å². The summed E-state index contributed by atoms with van der Waals surface area (Å²) in [5, 5.41) is 2.76.